The minimum Gasteiger partial charge on any atom is -0.484 e. The first-order chi connectivity index (χ1) is 16.1. The number of carbonyl (C=O) groups excluding carboxylic acids is 1. The van der Waals surface area contributed by atoms with Gasteiger partial charge in [-0.05, 0) is 93.5 Å². The average Bonchev–Trinajstić information content (AvgIpc) is 3.48. The average molecular weight is 475 g/mol. The van der Waals surface area contributed by atoms with Crippen molar-refractivity contribution in [3.8, 4) is 17.2 Å². The van der Waals surface area contributed by atoms with Gasteiger partial charge in [0, 0.05) is 5.92 Å². The number of hydrogen-bond acceptors (Lipinski definition) is 4. The van der Waals surface area contributed by atoms with Crippen molar-refractivity contribution in [2.45, 2.75) is 57.9 Å². The summed E-state index contributed by atoms with van der Waals surface area (Å²) in [5, 5.41) is 0. The van der Waals surface area contributed by atoms with Gasteiger partial charge in [-0.3, -0.25) is 0 Å². The van der Waals surface area contributed by atoms with Crippen LogP contribution in [0.15, 0.2) is 48.5 Å². The number of esters is 1. The monoisotopic (exact) mass is 474 g/mol. The third-order valence-corrected chi connectivity index (χ3v) is 8.05. The predicted molar refractivity (Wildman–Crippen MR) is 120 cm³/mol. The Kier molecular flexibility index (Phi) is 5.77. The molecule has 0 N–H and O–H groups in total. The highest BCUT2D eigenvalue weighted by Crippen LogP contribution is 2.63. The summed E-state index contributed by atoms with van der Waals surface area (Å²) in [6.45, 7) is 3.88. The molecule has 0 saturated heterocycles. The smallest absolute Gasteiger partial charge is 0.484 e. The second kappa shape index (κ2) is 8.51. The molecule has 3 fully saturated rings. The van der Waals surface area contributed by atoms with Gasteiger partial charge in [-0.2, -0.15) is 0 Å². The van der Waals surface area contributed by atoms with Crippen LogP contribution in [0.3, 0.4) is 0 Å². The summed E-state index contributed by atoms with van der Waals surface area (Å²) in [6, 6.07) is 12.2. The molecule has 2 aromatic rings. The number of rotatable bonds is 6. The van der Waals surface area contributed by atoms with Crippen LogP contribution in [0.4, 0.5) is 13.2 Å². The van der Waals surface area contributed by atoms with Gasteiger partial charge in [-0.15, -0.1) is 13.2 Å². The number of ether oxygens (including phenoxy) is 3. The van der Waals surface area contributed by atoms with E-state index in [9.17, 15) is 18.0 Å². The Balaban J connectivity index is 1.40. The van der Waals surface area contributed by atoms with Gasteiger partial charge in [0.05, 0.1) is 5.56 Å². The minimum absolute atomic E-state index is 0.0907. The summed E-state index contributed by atoms with van der Waals surface area (Å²) in [5.74, 6) is 2.07. The summed E-state index contributed by atoms with van der Waals surface area (Å²) in [6.07, 6.45) is 1.14. The van der Waals surface area contributed by atoms with Crippen LogP contribution in [-0.4, -0.2) is 17.9 Å². The summed E-state index contributed by atoms with van der Waals surface area (Å²) in [4.78, 5) is 12.7. The maximum atomic E-state index is 13.1. The van der Waals surface area contributed by atoms with Crippen molar-refractivity contribution in [1.82, 2.24) is 0 Å². The molecular weight excluding hydrogens is 445 g/mol. The lowest BCUT2D eigenvalue weighted by Gasteiger charge is -2.41. The molecule has 4 nitrogen and oxygen atoms in total. The molecule has 0 heterocycles. The lowest BCUT2D eigenvalue weighted by molar-refractivity contribution is -0.275. The van der Waals surface area contributed by atoms with E-state index >= 15 is 0 Å². The Labute approximate surface area is 197 Å². The molecule has 0 aliphatic heterocycles. The quantitative estimate of drug-likeness (QED) is 0.333. The summed E-state index contributed by atoms with van der Waals surface area (Å²) >= 11 is 0. The number of hydrogen-bond donors (Lipinski definition) is 0. The third-order valence-electron chi connectivity index (χ3n) is 8.05. The van der Waals surface area contributed by atoms with Gasteiger partial charge in [0.1, 0.15) is 11.4 Å². The van der Waals surface area contributed by atoms with Gasteiger partial charge in [0.2, 0.25) is 0 Å². The lowest BCUT2D eigenvalue weighted by atomic mass is 9.70. The van der Waals surface area contributed by atoms with Gasteiger partial charge in [0.15, 0.2) is 11.5 Å². The topological polar surface area (TPSA) is 44.8 Å². The van der Waals surface area contributed by atoms with Gasteiger partial charge in [-0.1, -0.05) is 24.6 Å². The first-order valence-electron chi connectivity index (χ1n) is 12.0. The van der Waals surface area contributed by atoms with Gasteiger partial charge in [-0.25, -0.2) is 4.79 Å². The van der Waals surface area contributed by atoms with E-state index in [1.807, 2.05) is 13.8 Å². The molecule has 34 heavy (non-hydrogen) atoms. The van der Waals surface area contributed by atoms with E-state index in [0.717, 1.165) is 18.4 Å². The van der Waals surface area contributed by atoms with Crippen LogP contribution >= 0.6 is 0 Å². The molecule has 7 heteroatoms. The van der Waals surface area contributed by atoms with Crippen molar-refractivity contribution < 1.29 is 32.2 Å². The Hall–Kier alpha value is -2.70. The van der Waals surface area contributed by atoms with E-state index in [1.54, 1.807) is 30.3 Å². The SMILES string of the molecule is CC(C)(Oc1cc(C(=O)Oc2ccccc2)ccc1OC(F)(F)F)C1CC2CC1C1CCCC21. The third kappa shape index (κ3) is 4.49. The van der Waals surface area contributed by atoms with Crippen LogP contribution in [0.2, 0.25) is 0 Å². The molecule has 5 rings (SSSR count). The second-order valence-corrected chi connectivity index (χ2v) is 10.4. The molecule has 2 aromatic carbocycles. The van der Waals surface area contributed by atoms with Crippen molar-refractivity contribution >= 4 is 5.97 Å². The highest BCUT2D eigenvalue weighted by atomic mass is 19.4. The second-order valence-electron chi connectivity index (χ2n) is 10.4. The van der Waals surface area contributed by atoms with Gasteiger partial charge < -0.3 is 14.2 Å². The van der Waals surface area contributed by atoms with Crippen molar-refractivity contribution in [1.29, 1.82) is 0 Å². The molecule has 5 atom stereocenters. The molecular formula is C27H29F3O4. The van der Waals surface area contributed by atoms with Crippen molar-refractivity contribution in [2.75, 3.05) is 0 Å². The number of benzene rings is 2. The van der Waals surface area contributed by atoms with Crippen LogP contribution < -0.4 is 14.2 Å². The number of para-hydroxylation sites is 1. The molecule has 0 aromatic heterocycles. The molecule has 3 aliphatic rings. The number of alkyl halides is 3. The molecule has 2 bridgehead atoms. The van der Waals surface area contributed by atoms with E-state index in [-0.39, 0.29) is 17.2 Å². The summed E-state index contributed by atoms with van der Waals surface area (Å²) < 4.78 is 55.2. The number of fused-ring (bicyclic) bond motifs is 5. The molecule has 0 radical (unpaired) electrons. The van der Waals surface area contributed by atoms with Crippen molar-refractivity contribution in [2.24, 2.45) is 29.6 Å². The highest BCUT2D eigenvalue weighted by molar-refractivity contribution is 5.91. The molecule has 0 amide bonds. The fourth-order valence-corrected chi connectivity index (χ4v) is 6.80. The zero-order chi connectivity index (χ0) is 24.1. The maximum absolute atomic E-state index is 13.1. The maximum Gasteiger partial charge on any atom is 0.573 e. The minimum atomic E-state index is -4.88. The van der Waals surface area contributed by atoms with E-state index in [1.165, 1.54) is 37.8 Å². The fourth-order valence-electron chi connectivity index (χ4n) is 6.80. The normalized spacial score (nSPS) is 28.0. The van der Waals surface area contributed by atoms with Crippen LogP contribution in [0.25, 0.3) is 0 Å². The van der Waals surface area contributed by atoms with Crippen LogP contribution in [-0.2, 0) is 0 Å². The standard InChI is InChI=1S/C27H29F3O4/c1-26(2,22-14-17-13-21(22)20-10-6-9-19(17)20)33-24-15-16(11-12-23(24)34-27(28,29)30)25(31)32-18-7-4-3-5-8-18/h3-5,7-8,11-12,15,17,19-22H,6,9-10,13-14H2,1-2H3. The van der Waals surface area contributed by atoms with Crippen molar-refractivity contribution in [3.63, 3.8) is 0 Å². The predicted octanol–water partition coefficient (Wildman–Crippen LogP) is 7.03. The summed E-state index contributed by atoms with van der Waals surface area (Å²) in [7, 11) is 0. The van der Waals surface area contributed by atoms with E-state index in [2.05, 4.69) is 4.74 Å². The Morgan fingerprint density at radius 1 is 0.882 bits per heavy atom. The molecule has 182 valence electrons. The Morgan fingerprint density at radius 3 is 2.35 bits per heavy atom. The lowest BCUT2D eigenvalue weighted by Crippen LogP contribution is -2.43. The number of halogens is 3. The Bertz CT molecular complexity index is 1050. The fraction of sp³-hybridized carbons (Fsp3) is 0.519. The molecule has 3 aliphatic carbocycles. The first-order valence-corrected chi connectivity index (χ1v) is 12.0. The zero-order valence-electron chi connectivity index (χ0n) is 19.3. The van der Waals surface area contributed by atoms with E-state index < -0.39 is 23.7 Å². The zero-order valence-corrected chi connectivity index (χ0v) is 19.3. The van der Waals surface area contributed by atoms with Crippen LogP contribution in [0.1, 0.15) is 56.3 Å². The molecule has 5 unspecified atom stereocenters. The number of carbonyl (C=O) groups is 1. The van der Waals surface area contributed by atoms with E-state index in [4.69, 9.17) is 9.47 Å². The van der Waals surface area contributed by atoms with Crippen molar-refractivity contribution in [3.05, 3.63) is 54.1 Å². The largest absolute Gasteiger partial charge is 0.573 e. The van der Waals surface area contributed by atoms with Gasteiger partial charge >= 0.3 is 12.3 Å². The highest BCUT2D eigenvalue weighted by Gasteiger charge is 2.57. The first kappa shape index (κ1) is 23.1. The van der Waals surface area contributed by atoms with Crippen LogP contribution in [0, 0.1) is 29.6 Å². The molecule has 0 spiro atoms. The molecule has 3 saturated carbocycles. The Morgan fingerprint density at radius 2 is 1.62 bits per heavy atom. The van der Waals surface area contributed by atoms with Gasteiger partial charge in [0.25, 0.3) is 0 Å². The van der Waals surface area contributed by atoms with E-state index in [0.29, 0.717) is 23.5 Å². The van der Waals surface area contributed by atoms with Crippen LogP contribution in [0.5, 0.6) is 17.2 Å². The summed E-state index contributed by atoms with van der Waals surface area (Å²) in [5.41, 5.74) is -0.619.